The van der Waals surface area contributed by atoms with Gasteiger partial charge in [0, 0.05) is 5.75 Å². The molecule has 0 fully saturated rings. The number of hydrogen-bond donors (Lipinski definition) is 3. The van der Waals surface area contributed by atoms with E-state index >= 15 is 0 Å². The normalized spacial score (nSPS) is 12.9. The molecule has 1 unspecified atom stereocenters. The number of amides is 1. The van der Waals surface area contributed by atoms with Crippen LogP contribution in [0.5, 0.6) is 0 Å². The van der Waals surface area contributed by atoms with Crippen molar-refractivity contribution in [1.29, 1.82) is 0 Å². The Labute approximate surface area is 145 Å². The number of rotatable bonds is 5. The molecule has 1 aliphatic rings. The zero-order chi connectivity index (χ0) is 17.1. The fourth-order valence-corrected chi connectivity index (χ4v) is 3.12. The van der Waals surface area contributed by atoms with Gasteiger partial charge in [0.15, 0.2) is 0 Å². The van der Waals surface area contributed by atoms with E-state index in [4.69, 9.17) is 9.84 Å². The van der Waals surface area contributed by atoms with Crippen LogP contribution in [0.3, 0.4) is 0 Å². The molecule has 0 aliphatic heterocycles. The van der Waals surface area contributed by atoms with Gasteiger partial charge in [-0.3, -0.25) is 0 Å². The number of carbonyl (C=O) groups excluding carboxylic acids is 1. The second kappa shape index (κ2) is 6.97. The lowest BCUT2D eigenvalue weighted by molar-refractivity contribution is -0.138. The van der Waals surface area contributed by atoms with Gasteiger partial charge in [-0.2, -0.15) is 12.6 Å². The quantitative estimate of drug-likeness (QED) is 0.623. The number of carboxylic acids is 1. The van der Waals surface area contributed by atoms with Crippen molar-refractivity contribution in [2.75, 3.05) is 5.75 Å². The van der Waals surface area contributed by atoms with Crippen molar-refractivity contribution >= 4 is 24.7 Å². The molecule has 0 spiro atoms. The van der Waals surface area contributed by atoms with Crippen molar-refractivity contribution in [3.63, 3.8) is 0 Å². The molecule has 6 heteroatoms. The number of alkyl carbamates (subject to hydrolysis) is 1. The molecule has 1 amide bonds. The largest absolute Gasteiger partial charge is 0.480 e. The van der Waals surface area contributed by atoms with Crippen molar-refractivity contribution in [3.8, 4) is 11.1 Å². The number of carboxylic acid groups (broad SMARTS) is 1. The number of nitrogens with one attached hydrogen (secondary N) is 1. The standard InChI is InChI=1S/C18H17NO4S/c20-17(21)16(10-24)19-18(22)23-9-12-5-3-7-14-13-6-2-1-4-11(13)8-15(12)14/h1-7,16,24H,8-10H2,(H,19,22)(H,20,21). The minimum Gasteiger partial charge on any atom is -0.480 e. The third-order valence-electron chi connectivity index (χ3n) is 4.08. The fraction of sp³-hybridized carbons (Fsp3) is 0.222. The molecule has 0 saturated heterocycles. The van der Waals surface area contributed by atoms with E-state index < -0.39 is 18.1 Å². The lowest BCUT2D eigenvalue weighted by Crippen LogP contribution is -2.42. The smallest absolute Gasteiger partial charge is 0.408 e. The molecule has 24 heavy (non-hydrogen) atoms. The first-order chi connectivity index (χ1) is 11.6. The first kappa shape index (κ1) is 16.4. The van der Waals surface area contributed by atoms with Crippen LogP contribution < -0.4 is 5.32 Å². The van der Waals surface area contributed by atoms with E-state index in [0.717, 1.165) is 23.1 Å². The molecule has 0 aromatic heterocycles. The van der Waals surface area contributed by atoms with Crippen LogP contribution in [0.15, 0.2) is 42.5 Å². The molecule has 1 aliphatic carbocycles. The Morgan fingerprint density at radius 1 is 1.17 bits per heavy atom. The van der Waals surface area contributed by atoms with Gasteiger partial charge in [-0.15, -0.1) is 0 Å². The summed E-state index contributed by atoms with van der Waals surface area (Å²) in [6.07, 6.45) is 0.0469. The average Bonchev–Trinajstić information content (AvgIpc) is 2.96. The number of thiol groups is 1. The molecule has 5 nitrogen and oxygen atoms in total. The van der Waals surface area contributed by atoms with Crippen LogP contribution in [0.4, 0.5) is 4.79 Å². The van der Waals surface area contributed by atoms with Gasteiger partial charge in [0.2, 0.25) is 0 Å². The highest BCUT2D eigenvalue weighted by Gasteiger charge is 2.22. The van der Waals surface area contributed by atoms with Crippen molar-refractivity contribution < 1.29 is 19.4 Å². The predicted molar refractivity (Wildman–Crippen MR) is 93.3 cm³/mol. The fourth-order valence-electron chi connectivity index (χ4n) is 2.87. The van der Waals surface area contributed by atoms with Gasteiger partial charge in [-0.25, -0.2) is 9.59 Å². The number of benzene rings is 2. The van der Waals surface area contributed by atoms with Crippen LogP contribution in [0, 0.1) is 0 Å². The van der Waals surface area contributed by atoms with Gasteiger partial charge < -0.3 is 15.2 Å². The molecule has 0 heterocycles. The number of carbonyl (C=O) groups is 2. The Morgan fingerprint density at radius 2 is 1.92 bits per heavy atom. The first-order valence-corrected chi connectivity index (χ1v) is 8.19. The van der Waals surface area contributed by atoms with E-state index in [1.807, 2.05) is 24.3 Å². The number of fused-ring (bicyclic) bond motifs is 3. The summed E-state index contributed by atoms with van der Waals surface area (Å²) >= 11 is 3.90. The average molecular weight is 343 g/mol. The minimum absolute atomic E-state index is 0.000474. The molecule has 0 saturated carbocycles. The molecule has 0 bridgehead atoms. The van der Waals surface area contributed by atoms with Gasteiger partial charge in [0.25, 0.3) is 0 Å². The Bertz CT molecular complexity index is 790. The highest BCUT2D eigenvalue weighted by atomic mass is 32.1. The molecule has 3 rings (SSSR count). The predicted octanol–water partition coefficient (Wildman–Crippen LogP) is 2.87. The summed E-state index contributed by atoms with van der Waals surface area (Å²) in [6.45, 7) is 0.0991. The summed E-state index contributed by atoms with van der Waals surface area (Å²) in [5.74, 6) is -1.14. The number of hydrogen-bond acceptors (Lipinski definition) is 4. The van der Waals surface area contributed by atoms with Gasteiger partial charge in [-0.05, 0) is 34.2 Å². The van der Waals surface area contributed by atoms with Crippen molar-refractivity contribution in [2.24, 2.45) is 0 Å². The Balaban J connectivity index is 1.70. The summed E-state index contributed by atoms with van der Waals surface area (Å²) < 4.78 is 5.19. The van der Waals surface area contributed by atoms with Gasteiger partial charge in [-0.1, -0.05) is 42.5 Å². The number of ether oxygens (including phenoxy) is 1. The van der Waals surface area contributed by atoms with Crippen LogP contribution >= 0.6 is 12.6 Å². The minimum atomic E-state index is -1.14. The summed E-state index contributed by atoms with van der Waals surface area (Å²) in [6, 6.07) is 13.1. The molecule has 2 N–H and O–H groups in total. The molecule has 1 atom stereocenters. The topological polar surface area (TPSA) is 75.6 Å². The highest BCUT2D eigenvalue weighted by molar-refractivity contribution is 7.80. The number of aliphatic carboxylic acids is 1. The lowest BCUT2D eigenvalue weighted by Gasteiger charge is -2.13. The molecule has 2 aromatic carbocycles. The SMILES string of the molecule is O=C(NC(CS)C(=O)O)OCc1cccc2c1Cc1ccccc1-2. The molecule has 124 valence electrons. The molecular formula is C18H17NO4S. The van der Waals surface area contributed by atoms with E-state index in [9.17, 15) is 9.59 Å². The summed E-state index contributed by atoms with van der Waals surface area (Å²) in [5, 5.41) is 11.2. The molecule has 2 aromatic rings. The second-order valence-electron chi connectivity index (χ2n) is 5.57. The first-order valence-electron chi connectivity index (χ1n) is 7.56. The highest BCUT2D eigenvalue weighted by Crippen LogP contribution is 2.38. The Hall–Kier alpha value is -2.47. The van der Waals surface area contributed by atoms with Crippen LogP contribution in [0.1, 0.15) is 16.7 Å². The van der Waals surface area contributed by atoms with Crippen LogP contribution in [0.25, 0.3) is 11.1 Å². The maximum atomic E-state index is 11.8. The molecule has 0 radical (unpaired) electrons. The Morgan fingerprint density at radius 3 is 2.67 bits per heavy atom. The van der Waals surface area contributed by atoms with Gasteiger partial charge >= 0.3 is 12.1 Å². The molecular weight excluding hydrogens is 326 g/mol. The maximum absolute atomic E-state index is 11.8. The third kappa shape index (κ3) is 3.23. The van der Waals surface area contributed by atoms with Gasteiger partial charge in [0.1, 0.15) is 12.6 Å². The van der Waals surface area contributed by atoms with Crippen molar-refractivity contribution in [2.45, 2.75) is 19.1 Å². The van der Waals surface area contributed by atoms with E-state index in [-0.39, 0.29) is 12.4 Å². The van der Waals surface area contributed by atoms with Crippen LogP contribution in [-0.4, -0.2) is 29.0 Å². The third-order valence-corrected chi connectivity index (χ3v) is 4.44. The van der Waals surface area contributed by atoms with Crippen molar-refractivity contribution in [3.05, 3.63) is 59.2 Å². The van der Waals surface area contributed by atoms with E-state index in [1.165, 1.54) is 11.1 Å². The van der Waals surface area contributed by atoms with Crippen LogP contribution in [0.2, 0.25) is 0 Å². The van der Waals surface area contributed by atoms with Gasteiger partial charge in [0.05, 0.1) is 0 Å². The zero-order valence-corrected chi connectivity index (χ0v) is 13.8. The lowest BCUT2D eigenvalue weighted by atomic mass is 10.0. The summed E-state index contributed by atoms with van der Waals surface area (Å²) in [4.78, 5) is 22.7. The maximum Gasteiger partial charge on any atom is 0.408 e. The summed E-state index contributed by atoms with van der Waals surface area (Å²) in [5.41, 5.74) is 5.70. The summed E-state index contributed by atoms with van der Waals surface area (Å²) in [7, 11) is 0. The van der Waals surface area contributed by atoms with E-state index in [2.05, 4.69) is 36.1 Å². The van der Waals surface area contributed by atoms with E-state index in [1.54, 1.807) is 0 Å². The van der Waals surface area contributed by atoms with Crippen molar-refractivity contribution in [1.82, 2.24) is 5.32 Å². The Kier molecular flexibility index (Phi) is 4.76. The second-order valence-corrected chi connectivity index (χ2v) is 5.94. The zero-order valence-electron chi connectivity index (χ0n) is 12.9. The van der Waals surface area contributed by atoms with E-state index in [0.29, 0.717) is 0 Å². The monoisotopic (exact) mass is 343 g/mol. The van der Waals surface area contributed by atoms with Crippen LogP contribution in [-0.2, 0) is 22.6 Å².